The highest BCUT2D eigenvalue weighted by Gasteiger charge is 2.35. The monoisotopic (exact) mass is 335 g/mol. The van der Waals surface area contributed by atoms with Crippen molar-refractivity contribution in [3.8, 4) is 0 Å². The van der Waals surface area contributed by atoms with Crippen LogP contribution in [0.2, 0.25) is 5.02 Å². The maximum absolute atomic E-state index is 6.15. The normalized spacial score (nSPS) is 13.3. The molecule has 0 spiro atoms. The molecule has 0 fully saturated rings. The zero-order chi connectivity index (χ0) is 16.7. The van der Waals surface area contributed by atoms with Crippen LogP contribution < -0.4 is 15.5 Å². The van der Waals surface area contributed by atoms with Gasteiger partial charge in [0, 0.05) is 16.4 Å². The first-order valence-electron chi connectivity index (χ1n) is 7.37. The highest BCUT2D eigenvalue weighted by Crippen LogP contribution is 2.49. The highest BCUT2D eigenvalue weighted by molar-refractivity contribution is 6.30. The summed E-state index contributed by atoms with van der Waals surface area (Å²) < 4.78 is 0. The Balaban J connectivity index is 1.91. The van der Waals surface area contributed by atoms with E-state index in [9.17, 15) is 0 Å². The molecule has 6 heteroatoms. The molecule has 0 bridgehead atoms. The van der Waals surface area contributed by atoms with Gasteiger partial charge in [0.15, 0.2) is 11.6 Å². The van der Waals surface area contributed by atoms with Gasteiger partial charge in [0.1, 0.15) is 17.8 Å². The number of hydrogen-bond acceptors (Lipinski definition) is 5. The van der Waals surface area contributed by atoms with Crippen molar-refractivity contribution in [1.82, 2.24) is 9.97 Å². The first-order chi connectivity index (χ1) is 11.7. The average molecular weight is 336 g/mol. The lowest BCUT2D eigenvalue weighted by molar-refractivity contribution is 1.12. The van der Waals surface area contributed by atoms with Crippen LogP contribution in [0.25, 0.3) is 0 Å². The summed E-state index contributed by atoms with van der Waals surface area (Å²) in [7, 11) is 0. The van der Waals surface area contributed by atoms with Crippen molar-refractivity contribution in [2.45, 2.75) is 0 Å². The number of nitrogen functional groups attached to an aromatic ring is 1. The van der Waals surface area contributed by atoms with E-state index in [2.05, 4.69) is 16.5 Å². The van der Waals surface area contributed by atoms with Crippen LogP contribution in [0.4, 0.5) is 28.7 Å². The lowest BCUT2D eigenvalue weighted by atomic mass is 10.2. The van der Waals surface area contributed by atoms with Crippen molar-refractivity contribution in [3.63, 3.8) is 0 Å². The molecule has 3 aromatic rings. The molecule has 0 atom stereocenters. The summed E-state index contributed by atoms with van der Waals surface area (Å²) in [6, 6.07) is 17.4. The number of benzene rings is 2. The van der Waals surface area contributed by atoms with E-state index < -0.39 is 0 Å². The smallest absolute Gasteiger partial charge is 0.168 e. The fourth-order valence-electron chi connectivity index (χ4n) is 2.83. The van der Waals surface area contributed by atoms with E-state index in [4.69, 9.17) is 17.3 Å². The van der Waals surface area contributed by atoms with Gasteiger partial charge in [-0.3, -0.25) is 9.80 Å². The number of para-hydroxylation sites is 1. The van der Waals surface area contributed by atoms with Gasteiger partial charge in [-0.2, -0.15) is 0 Å². The largest absolute Gasteiger partial charge is 0.382 e. The van der Waals surface area contributed by atoms with Gasteiger partial charge >= 0.3 is 0 Å². The Hall–Kier alpha value is -3.05. The molecule has 1 aliphatic heterocycles. The maximum Gasteiger partial charge on any atom is 0.168 e. The van der Waals surface area contributed by atoms with Crippen LogP contribution in [0.5, 0.6) is 0 Å². The lowest BCUT2D eigenvalue weighted by Crippen LogP contribution is -2.20. The van der Waals surface area contributed by atoms with Crippen LogP contribution in [0.1, 0.15) is 0 Å². The van der Waals surface area contributed by atoms with Crippen molar-refractivity contribution in [1.29, 1.82) is 0 Å². The molecular formula is C18H14ClN5. The summed E-state index contributed by atoms with van der Waals surface area (Å²) in [6.07, 6.45) is 1.46. The predicted octanol–water partition coefficient (Wildman–Crippen LogP) is 4.47. The van der Waals surface area contributed by atoms with Gasteiger partial charge < -0.3 is 5.73 Å². The van der Waals surface area contributed by atoms with Crippen LogP contribution in [0.3, 0.4) is 0 Å². The number of nitrogens with two attached hydrogens (primary N) is 1. The molecule has 0 saturated heterocycles. The number of hydrogen-bond donors (Lipinski definition) is 1. The van der Waals surface area contributed by atoms with Crippen molar-refractivity contribution in [2.75, 3.05) is 15.5 Å². The molecule has 24 heavy (non-hydrogen) atoms. The number of anilines is 5. The first kappa shape index (κ1) is 14.5. The van der Waals surface area contributed by atoms with Crippen molar-refractivity contribution < 1.29 is 0 Å². The molecule has 2 N–H and O–H groups in total. The molecule has 1 aromatic heterocycles. The van der Waals surface area contributed by atoms with Crippen LogP contribution in [-0.2, 0) is 0 Å². The summed E-state index contributed by atoms with van der Waals surface area (Å²) in [4.78, 5) is 12.5. The summed E-state index contributed by atoms with van der Waals surface area (Å²) in [5.41, 5.74) is 8.71. The molecule has 1 aliphatic rings. The van der Waals surface area contributed by atoms with Gasteiger partial charge in [-0.25, -0.2) is 9.97 Å². The Bertz CT molecular complexity index is 908. The van der Waals surface area contributed by atoms with Gasteiger partial charge in [0.25, 0.3) is 0 Å². The fraction of sp³-hybridized carbons (Fsp3) is 0. The zero-order valence-electron chi connectivity index (χ0n) is 12.7. The Labute approximate surface area is 144 Å². The van der Waals surface area contributed by atoms with Gasteiger partial charge in [-0.15, -0.1) is 0 Å². The van der Waals surface area contributed by atoms with Crippen molar-refractivity contribution in [3.05, 3.63) is 78.3 Å². The van der Waals surface area contributed by atoms with Crippen LogP contribution in [0.15, 0.2) is 73.3 Å². The van der Waals surface area contributed by atoms with E-state index in [1.54, 1.807) is 0 Å². The second kappa shape index (κ2) is 5.54. The van der Waals surface area contributed by atoms with Crippen LogP contribution >= 0.6 is 11.6 Å². The molecule has 4 rings (SSSR count). The van der Waals surface area contributed by atoms with Gasteiger partial charge in [-0.1, -0.05) is 36.4 Å². The minimum atomic E-state index is 0.398. The molecule has 0 saturated carbocycles. The Morgan fingerprint density at radius 1 is 0.875 bits per heavy atom. The van der Waals surface area contributed by atoms with Crippen molar-refractivity contribution >= 4 is 40.3 Å². The molecule has 5 nitrogen and oxygen atoms in total. The molecular weight excluding hydrogens is 322 g/mol. The minimum Gasteiger partial charge on any atom is -0.382 e. The van der Waals surface area contributed by atoms with E-state index in [1.807, 2.05) is 64.4 Å². The van der Waals surface area contributed by atoms with Gasteiger partial charge in [-0.05, 0) is 36.4 Å². The number of nitrogens with zero attached hydrogens (tertiary/aromatic N) is 4. The van der Waals surface area contributed by atoms with E-state index in [-0.39, 0.29) is 0 Å². The lowest BCUT2D eigenvalue weighted by Gasteiger charge is -2.24. The van der Waals surface area contributed by atoms with E-state index in [0.29, 0.717) is 22.3 Å². The summed E-state index contributed by atoms with van der Waals surface area (Å²) in [5.74, 6) is 1.83. The van der Waals surface area contributed by atoms with E-state index in [1.165, 1.54) is 6.33 Å². The first-order valence-corrected chi connectivity index (χ1v) is 7.75. The third-order valence-electron chi connectivity index (χ3n) is 3.88. The van der Waals surface area contributed by atoms with Gasteiger partial charge in [0.2, 0.25) is 0 Å². The molecule has 0 aliphatic carbocycles. The van der Waals surface area contributed by atoms with Gasteiger partial charge in [0.05, 0.1) is 0 Å². The number of rotatable bonds is 2. The maximum atomic E-state index is 6.15. The standard InChI is InChI=1S/C18H14ClN5/c1-12-23(15-9-7-13(19)8-10-15)16-17(20)21-11-22-18(16)24(12)14-5-3-2-4-6-14/h2-11H,1H2,(H2,20,21,22). The molecule has 2 aromatic carbocycles. The second-order valence-electron chi connectivity index (χ2n) is 5.33. The quantitative estimate of drug-likeness (QED) is 0.748. The number of fused-ring (bicyclic) bond motifs is 1. The molecule has 118 valence electrons. The van der Waals surface area contributed by atoms with Crippen LogP contribution in [-0.4, -0.2) is 9.97 Å². The fourth-order valence-corrected chi connectivity index (χ4v) is 2.95. The van der Waals surface area contributed by atoms with Crippen molar-refractivity contribution in [2.24, 2.45) is 0 Å². The SMILES string of the molecule is C=C1N(c2ccccc2)c2ncnc(N)c2N1c1ccc(Cl)cc1. The number of halogens is 1. The number of aromatic nitrogens is 2. The summed E-state index contributed by atoms with van der Waals surface area (Å²) >= 11 is 6.01. The third-order valence-corrected chi connectivity index (χ3v) is 4.13. The van der Waals surface area contributed by atoms with E-state index in [0.717, 1.165) is 17.2 Å². The predicted molar refractivity (Wildman–Crippen MR) is 97.8 cm³/mol. The average Bonchev–Trinajstić information content (AvgIpc) is 2.90. The minimum absolute atomic E-state index is 0.398. The Kier molecular flexibility index (Phi) is 3.36. The Morgan fingerprint density at radius 2 is 1.54 bits per heavy atom. The molecule has 0 unspecified atom stereocenters. The zero-order valence-corrected chi connectivity index (χ0v) is 13.5. The highest BCUT2D eigenvalue weighted by atomic mass is 35.5. The topological polar surface area (TPSA) is 58.3 Å². The summed E-state index contributed by atoms with van der Waals surface area (Å²) in [6.45, 7) is 4.24. The molecule has 2 heterocycles. The molecule has 0 amide bonds. The second-order valence-corrected chi connectivity index (χ2v) is 5.77. The Morgan fingerprint density at radius 3 is 2.25 bits per heavy atom. The third kappa shape index (κ3) is 2.18. The summed E-state index contributed by atoms with van der Waals surface area (Å²) in [5, 5.41) is 0.668. The van der Waals surface area contributed by atoms with E-state index >= 15 is 0 Å². The molecule has 0 radical (unpaired) electrons. The van der Waals surface area contributed by atoms with Crippen LogP contribution in [0, 0.1) is 0 Å².